The Hall–Kier alpha value is -1.41. The van der Waals surface area contributed by atoms with Crippen molar-refractivity contribution in [1.29, 1.82) is 0 Å². The highest BCUT2D eigenvalue weighted by molar-refractivity contribution is 9.11. The van der Waals surface area contributed by atoms with Crippen molar-refractivity contribution in [3.05, 3.63) is 32.7 Å². The van der Waals surface area contributed by atoms with E-state index in [2.05, 4.69) is 37.2 Å². The van der Waals surface area contributed by atoms with E-state index in [4.69, 9.17) is 10.2 Å². The van der Waals surface area contributed by atoms with Gasteiger partial charge in [0.1, 0.15) is 6.04 Å². The number of rotatable bonds is 5. The predicted molar refractivity (Wildman–Crippen MR) is 73.0 cm³/mol. The maximum Gasteiger partial charge on any atom is 0.326 e. The third kappa shape index (κ3) is 4.64. The molecule has 0 unspecified atom stereocenters. The minimum Gasteiger partial charge on any atom is -0.481 e. The van der Waals surface area contributed by atoms with Crippen LogP contribution in [0.4, 0.5) is 0 Å². The van der Waals surface area contributed by atoms with Gasteiger partial charge in [0.15, 0.2) is 0 Å². The first-order valence-corrected chi connectivity index (χ1v) is 6.60. The third-order valence-corrected chi connectivity index (χ3v) is 3.34. The lowest BCUT2D eigenvalue weighted by Gasteiger charge is -2.13. The summed E-state index contributed by atoms with van der Waals surface area (Å²) < 4.78 is 1.12. The van der Waals surface area contributed by atoms with Gasteiger partial charge in [0, 0.05) is 8.95 Å². The molecular weight excluding hydrogens is 386 g/mol. The number of aliphatic carboxylic acids is 2. The molecule has 0 aliphatic rings. The molecule has 0 saturated heterocycles. The Balaban J connectivity index is 2.90. The summed E-state index contributed by atoms with van der Waals surface area (Å²) in [6.07, 6.45) is -0.688. The van der Waals surface area contributed by atoms with Gasteiger partial charge in [0.2, 0.25) is 0 Å². The van der Waals surface area contributed by atoms with Crippen LogP contribution in [0.2, 0.25) is 0 Å². The zero-order valence-electron chi connectivity index (χ0n) is 9.39. The largest absolute Gasteiger partial charge is 0.481 e. The summed E-state index contributed by atoms with van der Waals surface area (Å²) in [5.41, 5.74) is 0.214. The summed E-state index contributed by atoms with van der Waals surface area (Å²) in [5, 5.41) is 19.6. The number of carbonyl (C=O) groups is 3. The van der Waals surface area contributed by atoms with E-state index in [0.29, 0.717) is 8.95 Å². The van der Waals surface area contributed by atoms with Crippen LogP contribution in [0.5, 0.6) is 0 Å². The van der Waals surface area contributed by atoms with Gasteiger partial charge in [-0.25, -0.2) is 4.79 Å². The molecule has 0 bridgehead atoms. The van der Waals surface area contributed by atoms with E-state index in [1.54, 1.807) is 12.1 Å². The van der Waals surface area contributed by atoms with Gasteiger partial charge in [0.05, 0.1) is 12.0 Å². The third-order valence-electron chi connectivity index (χ3n) is 2.16. The summed E-state index contributed by atoms with van der Waals surface area (Å²) in [5.74, 6) is -3.37. The summed E-state index contributed by atoms with van der Waals surface area (Å²) in [6, 6.07) is 3.34. The van der Waals surface area contributed by atoms with Crippen molar-refractivity contribution in [3.63, 3.8) is 0 Å². The van der Waals surface area contributed by atoms with Crippen LogP contribution < -0.4 is 5.32 Å². The fraction of sp³-hybridized carbons (Fsp3) is 0.182. The molecule has 0 heterocycles. The number of nitrogens with one attached hydrogen (secondary N) is 1. The van der Waals surface area contributed by atoms with E-state index in [0.717, 1.165) is 0 Å². The van der Waals surface area contributed by atoms with Crippen molar-refractivity contribution in [1.82, 2.24) is 5.32 Å². The molecule has 102 valence electrons. The van der Waals surface area contributed by atoms with Gasteiger partial charge in [-0.15, -0.1) is 0 Å². The highest BCUT2D eigenvalue weighted by atomic mass is 79.9. The zero-order chi connectivity index (χ0) is 14.6. The van der Waals surface area contributed by atoms with Crippen LogP contribution in [0.25, 0.3) is 0 Å². The molecule has 1 atom stereocenters. The first kappa shape index (κ1) is 15.6. The molecule has 1 aromatic carbocycles. The second kappa shape index (κ2) is 6.67. The zero-order valence-corrected chi connectivity index (χ0v) is 12.6. The number of carboxylic acids is 2. The van der Waals surface area contributed by atoms with Crippen molar-refractivity contribution >= 4 is 49.7 Å². The second-order valence-corrected chi connectivity index (χ2v) is 5.36. The summed E-state index contributed by atoms with van der Waals surface area (Å²) in [6.45, 7) is 0. The van der Waals surface area contributed by atoms with Crippen molar-refractivity contribution in [2.75, 3.05) is 0 Å². The van der Waals surface area contributed by atoms with Gasteiger partial charge in [-0.1, -0.05) is 15.9 Å². The molecule has 8 heteroatoms. The molecule has 6 nitrogen and oxygen atoms in total. The van der Waals surface area contributed by atoms with Crippen LogP contribution in [0.3, 0.4) is 0 Å². The van der Waals surface area contributed by atoms with Gasteiger partial charge in [0.25, 0.3) is 5.91 Å². The lowest BCUT2D eigenvalue weighted by molar-refractivity contribution is -0.145. The van der Waals surface area contributed by atoms with Crippen molar-refractivity contribution < 1.29 is 24.6 Å². The molecule has 0 fully saturated rings. The molecule has 0 spiro atoms. The second-order valence-electron chi connectivity index (χ2n) is 3.59. The molecule has 3 N–H and O–H groups in total. The van der Waals surface area contributed by atoms with Gasteiger partial charge in [-0.2, -0.15) is 0 Å². The summed E-state index contributed by atoms with van der Waals surface area (Å²) >= 11 is 6.35. The Bertz CT molecular complexity index is 532. The van der Waals surface area contributed by atoms with E-state index >= 15 is 0 Å². The van der Waals surface area contributed by atoms with Crippen LogP contribution >= 0.6 is 31.9 Å². The maximum absolute atomic E-state index is 11.9. The fourth-order valence-corrected chi connectivity index (χ4v) is 2.07. The Morgan fingerprint density at radius 2 is 1.84 bits per heavy atom. The Morgan fingerprint density at radius 3 is 2.37 bits per heavy atom. The number of amides is 1. The van der Waals surface area contributed by atoms with Crippen LogP contribution in [0, 0.1) is 0 Å². The van der Waals surface area contributed by atoms with E-state index in [9.17, 15) is 14.4 Å². The number of benzene rings is 1. The van der Waals surface area contributed by atoms with Crippen LogP contribution in [0.15, 0.2) is 27.1 Å². The quantitative estimate of drug-likeness (QED) is 0.707. The molecule has 0 aliphatic carbocycles. The monoisotopic (exact) mass is 393 g/mol. The Morgan fingerprint density at radius 1 is 1.21 bits per heavy atom. The van der Waals surface area contributed by atoms with Crippen molar-refractivity contribution in [3.8, 4) is 0 Å². The summed E-state index contributed by atoms with van der Waals surface area (Å²) in [7, 11) is 0. The SMILES string of the molecule is O=C(O)C[C@H](NC(=O)c1cc(Br)ccc1Br)C(=O)O. The summed E-state index contributed by atoms with van der Waals surface area (Å²) in [4.78, 5) is 33.3. The first-order valence-electron chi connectivity index (χ1n) is 5.01. The lowest BCUT2D eigenvalue weighted by atomic mass is 10.1. The number of carboxylic acid groups (broad SMARTS) is 2. The lowest BCUT2D eigenvalue weighted by Crippen LogP contribution is -2.42. The highest BCUT2D eigenvalue weighted by Gasteiger charge is 2.24. The minimum atomic E-state index is -1.48. The normalized spacial score (nSPS) is 11.7. The number of halogens is 2. The van der Waals surface area contributed by atoms with E-state index in [1.807, 2.05) is 0 Å². The molecule has 0 saturated carbocycles. The standard InChI is InChI=1S/C11H9Br2NO5/c12-5-1-2-7(13)6(3-5)10(17)14-8(11(18)19)4-9(15)16/h1-3,8H,4H2,(H,14,17)(H,15,16)(H,18,19)/t8-/m0/s1. The molecule has 1 rings (SSSR count). The minimum absolute atomic E-state index is 0.214. The fourth-order valence-electron chi connectivity index (χ4n) is 1.28. The van der Waals surface area contributed by atoms with Crippen molar-refractivity contribution in [2.45, 2.75) is 12.5 Å². The number of hydrogen-bond donors (Lipinski definition) is 3. The van der Waals surface area contributed by atoms with Gasteiger partial charge in [-0.3, -0.25) is 9.59 Å². The van der Waals surface area contributed by atoms with Crippen LogP contribution in [0.1, 0.15) is 16.8 Å². The molecule has 1 aromatic rings. The number of carbonyl (C=O) groups excluding carboxylic acids is 1. The van der Waals surface area contributed by atoms with Gasteiger partial charge in [-0.05, 0) is 34.1 Å². The first-order chi connectivity index (χ1) is 8.81. The number of hydrogen-bond acceptors (Lipinski definition) is 3. The molecule has 0 radical (unpaired) electrons. The maximum atomic E-state index is 11.9. The molecule has 0 aliphatic heterocycles. The average molecular weight is 395 g/mol. The van der Waals surface area contributed by atoms with Crippen LogP contribution in [-0.4, -0.2) is 34.1 Å². The molecule has 0 aromatic heterocycles. The van der Waals surface area contributed by atoms with Crippen LogP contribution in [-0.2, 0) is 9.59 Å². The molecule has 1 amide bonds. The average Bonchev–Trinajstić information content (AvgIpc) is 2.30. The topological polar surface area (TPSA) is 104 Å². The van der Waals surface area contributed by atoms with Gasteiger partial charge >= 0.3 is 11.9 Å². The Kier molecular flexibility index (Phi) is 5.49. The predicted octanol–water partition coefficient (Wildman–Crippen LogP) is 1.87. The van der Waals surface area contributed by atoms with E-state index < -0.39 is 30.3 Å². The van der Waals surface area contributed by atoms with Crippen molar-refractivity contribution in [2.24, 2.45) is 0 Å². The smallest absolute Gasteiger partial charge is 0.326 e. The Labute approximate surface area is 125 Å². The van der Waals surface area contributed by atoms with E-state index in [1.165, 1.54) is 6.07 Å². The highest BCUT2D eigenvalue weighted by Crippen LogP contribution is 2.21. The molecule has 19 heavy (non-hydrogen) atoms. The van der Waals surface area contributed by atoms with Gasteiger partial charge < -0.3 is 15.5 Å². The van der Waals surface area contributed by atoms with E-state index in [-0.39, 0.29) is 5.56 Å². The molecular formula is C11H9Br2NO5.